The number of methoxy groups -OCH3 is 1. The largest absolute Gasteiger partial charge is 0.496 e. The number of aromatic nitrogens is 2. The van der Waals surface area contributed by atoms with Crippen LogP contribution in [-0.4, -0.2) is 29.8 Å². The van der Waals surface area contributed by atoms with Gasteiger partial charge < -0.3 is 24.8 Å². The van der Waals surface area contributed by atoms with Gasteiger partial charge in [-0.2, -0.15) is 0 Å². The normalized spacial score (nSPS) is 11.8. The number of benzene rings is 2. The van der Waals surface area contributed by atoms with E-state index in [0.717, 1.165) is 11.3 Å². The standard InChI is InChI=1S/C20H18N4O4/c1-26-16-5-3-2-4-13(16)9-21-20-22-10-14(11-23-20)19(25)24-15-6-7-17-18(8-15)28-12-27-17/h2-8,10-11H,9,12H2,1H3,(H,24,25)(H,21,22,23). The molecule has 2 aromatic carbocycles. The van der Waals surface area contributed by atoms with Crippen LogP contribution in [0.3, 0.4) is 0 Å². The van der Waals surface area contributed by atoms with Crippen LogP contribution >= 0.6 is 0 Å². The van der Waals surface area contributed by atoms with Crippen LogP contribution in [-0.2, 0) is 6.54 Å². The number of rotatable bonds is 6. The van der Waals surface area contributed by atoms with Gasteiger partial charge in [-0.1, -0.05) is 18.2 Å². The number of fused-ring (bicyclic) bond motifs is 1. The second-order valence-electron chi connectivity index (χ2n) is 5.98. The molecule has 0 unspecified atom stereocenters. The molecule has 0 radical (unpaired) electrons. The lowest BCUT2D eigenvalue weighted by atomic mass is 10.2. The van der Waals surface area contributed by atoms with Crippen molar-refractivity contribution in [1.29, 1.82) is 0 Å². The summed E-state index contributed by atoms with van der Waals surface area (Å²) in [7, 11) is 1.63. The number of anilines is 2. The predicted octanol–water partition coefficient (Wildman–Crippen LogP) is 3.08. The summed E-state index contributed by atoms with van der Waals surface area (Å²) in [5.41, 5.74) is 1.94. The second-order valence-corrected chi connectivity index (χ2v) is 5.98. The summed E-state index contributed by atoms with van der Waals surface area (Å²) in [6.07, 6.45) is 2.94. The van der Waals surface area contributed by atoms with Crippen LogP contribution in [0.15, 0.2) is 54.9 Å². The van der Waals surface area contributed by atoms with Crippen molar-refractivity contribution >= 4 is 17.5 Å². The summed E-state index contributed by atoms with van der Waals surface area (Å²) in [6, 6.07) is 12.9. The molecule has 3 aromatic rings. The van der Waals surface area contributed by atoms with Crippen molar-refractivity contribution in [2.75, 3.05) is 24.5 Å². The van der Waals surface area contributed by atoms with E-state index in [1.807, 2.05) is 24.3 Å². The topological polar surface area (TPSA) is 94.6 Å². The quantitative estimate of drug-likeness (QED) is 0.681. The first-order chi connectivity index (χ1) is 13.7. The molecule has 1 amide bonds. The number of carbonyl (C=O) groups excluding carboxylic acids is 1. The Kier molecular flexibility index (Phi) is 4.92. The molecule has 0 atom stereocenters. The molecule has 142 valence electrons. The van der Waals surface area contributed by atoms with Crippen molar-refractivity contribution in [3.05, 3.63) is 66.0 Å². The molecular weight excluding hydrogens is 360 g/mol. The van der Waals surface area contributed by atoms with E-state index in [0.29, 0.717) is 35.2 Å². The molecule has 0 saturated heterocycles. The van der Waals surface area contributed by atoms with E-state index < -0.39 is 0 Å². The summed E-state index contributed by atoms with van der Waals surface area (Å²) in [5, 5.41) is 5.90. The molecule has 0 fully saturated rings. The van der Waals surface area contributed by atoms with Gasteiger partial charge in [-0.15, -0.1) is 0 Å². The first-order valence-electron chi connectivity index (χ1n) is 8.62. The van der Waals surface area contributed by atoms with Gasteiger partial charge in [-0.05, 0) is 18.2 Å². The lowest BCUT2D eigenvalue weighted by molar-refractivity contribution is 0.102. The molecule has 28 heavy (non-hydrogen) atoms. The summed E-state index contributed by atoms with van der Waals surface area (Å²) in [6.45, 7) is 0.691. The highest BCUT2D eigenvalue weighted by Gasteiger charge is 2.15. The molecule has 1 aromatic heterocycles. The van der Waals surface area contributed by atoms with Crippen LogP contribution in [0.25, 0.3) is 0 Å². The molecule has 4 rings (SSSR count). The zero-order valence-corrected chi connectivity index (χ0v) is 15.1. The van der Waals surface area contributed by atoms with Crippen LogP contribution in [0.2, 0.25) is 0 Å². The van der Waals surface area contributed by atoms with Crippen molar-refractivity contribution in [3.8, 4) is 17.2 Å². The molecule has 2 heterocycles. The summed E-state index contributed by atoms with van der Waals surface area (Å²) in [5.74, 6) is 2.16. The number of hydrogen-bond acceptors (Lipinski definition) is 7. The molecule has 0 bridgehead atoms. The SMILES string of the molecule is COc1ccccc1CNc1ncc(C(=O)Nc2ccc3c(c2)OCO3)cn1. The summed E-state index contributed by atoms with van der Waals surface area (Å²) < 4.78 is 15.9. The molecule has 2 N–H and O–H groups in total. The molecule has 0 aliphatic carbocycles. The van der Waals surface area contributed by atoms with Crippen molar-refractivity contribution < 1.29 is 19.0 Å². The number of carbonyl (C=O) groups is 1. The lowest BCUT2D eigenvalue weighted by Gasteiger charge is -2.10. The zero-order valence-electron chi connectivity index (χ0n) is 15.1. The van der Waals surface area contributed by atoms with E-state index in [4.69, 9.17) is 14.2 Å². The Morgan fingerprint density at radius 3 is 2.71 bits per heavy atom. The zero-order chi connectivity index (χ0) is 19.3. The molecule has 1 aliphatic rings. The first kappa shape index (κ1) is 17.6. The molecule has 8 heteroatoms. The number of ether oxygens (including phenoxy) is 3. The van der Waals surface area contributed by atoms with E-state index in [-0.39, 0.29) is 12.7 Å². The van der Waals surface area contributed by atoms with E-state index in [2.05, 4.69) is 20.6 Å². The Hall–Kier alpha value is -3.81. The number of nitrogens with one attached hydrogen (secondary N) is 2. The van der Waals surface area contributed by atoms with Crippen molar-refractivity contribution in [2.24, 2.45) is 0 Å². The third-order valence-electron chi connectivity index (χ3n) is 4.17. The van der Waals surface area contributed by atoms with E-state index in [1.54, 1.807) is 25.3 Å². The van der Waals surface area contributed by atoms with E-state index in [9.17, 15) is 4.79 Å². The van der Waals surface area contributed by atoms with Gasteiger partial charge in [0, 0.05) is 36.3 Å². The van der Waals surface area contributed by atoms with Gasteiger partial charge in [0.15, 0.2) is 11.5 Å². The molecule has 0 saturated carbocycles. The van der Waals surface area contributed by atoms with Crippen LogP contribution in [0.1, 0.15) is 15.9 Å². The van der Waals surface area contributed by atoms with Gasteiger partial charge >= 0.3 is 0 Å². The Morgan fingerprint density at radius 2 is 1.89 bits per heavy atom. The fraction of sp³-hybridized carbons (Fsp3) is 0.150. The molecular formula is C20H18N4O4. The van der Waals surface area contributed by atoms with Crippen LogP contribution in [0, 0.1) is 0 Å². The minimum Gasteiger partial charge on any atom is -0.496 e. The molecule has 8 nitrogen and oxygen atoms in total. The van der Waals surface area contributed by atoms with Gasteiger partial charge in [0.05, 0.1) is 12.7 Å². The summed E-state index contributed by atoms with van der Waals surface area (Å²) >= 11 is 0. The second kappa shape index (κ2) is 7.83. The van der Waals surface area contributed by atoms with Crippen molar-refractivity contribution in [1.82, 2.24) is 9.97 Å². The predicted molar refractivity (Wildman–Crippen MR) is 103 cm³/mol. The smallest absolute Gasteiger partial charge is 0.258 e. The Bertz CT molecular complexity index is 992. The maximum Gasteiger partial charge on any atom is 0.258 e. The van der Waals surface area contributed by atoms with E-state index >= 15 is 0 Å². The fourth-order valence-electron chi connectivity index (χ4n) is 2.74. The lowest BCUT2D eigenvalue weighted by Crippen LogP contribution is -2.13. The third-order valence-corrected chi connectivity index (χ3v) is 4.17. The highest BCUT2D eigenvalue weighted by atomic mass is 16.7. The Labute approximate surface area is 161 Å². The number of para-hydroxylation sites is 1. The minimum atomic E-state index is -0.310. The van der Waals surface area contributed by atoms with Gasteiger partial charge in [-0.25, -0.2) is 9.97 Å². The Morgan fingerprint density at radius 1 is 1.11 bits per heavy atom. The van der Waals surface area contributed by atoms with E-state index in [1.165, 1.54) is 12.4 Å². The van der Waals surface area contributed by atoms with Gasteiger partial charge in [0.2, 0.25) is 12.7 Å². The van der Waals surface area contributed by atoms with Crippen molar-refractivity contribution in [3.63, 3.8) is 0 Å². The van der Waals surface area contributed by atoms with Crippen molar-refractivity contribution in [2.45, 2.75) is 6.54 Å². The number of nitrogens with zero attached hydrogens (tertiary/aromatic N) is 2. The number of hydrogen-bond donors (Lipinski definition) is 2. The average molecular weight is 378 g/mol. The fourth-order valence-corrected chi connectivity index (χ4v) is 2.74. The van der Waals surface area contributed by atoms with Crippen LogP contribution < -0.4 is 24.8 Å². The maximum absolute atomic E-state index is 12.4. The summed E-state index contributed by atoms with van der Waals surface area (Å²) in [4.78, 5) is 20.8. The Balaban J connectivity index is 1.38. The number of amides is 1. The highest BCUT2D eigenvalue weighted by Crippen LogP contribution is 2.34. The van der Waals surface area contributed by atoms with Gasteiger partial charge in [0.1, 0.15) is 5.75 Å². The highest BCUT2D eigenvalue weighted by molar-refractivity contribution is 6.04. The average Bonchev–Trinajstić information content (AvgIpc) is 3.20. The van der Waals surface area contributed by atoms with Crippen LogP contribution in [0.4, 0.5) is 11.6 Å². The third kappa shape index (κ3) is 3.80. The first-order valence-corrected chi connectivity index (χ1v) is 8.62. The minimum absolute atomic E-state index is 0.184. The molecule has 1 aliphatic heterocycles. The monoisotopic (exact) mass is 378 g/mol. The maximum atomic E-state index is 12.4. The molecule has 0 spiro atoms. The van der Waals surface area contributed by atoms with Gasteiger partial charge in [0.25, 0.3) is 5.91 Å². The van der Waals surface area contributed by atoms with Gasteiger partial charge in [-0.3, -0.25) is 4.79 Å². The van der Waals surface area contributed by atoms with Crippen LogP contribution in [0.5, 0.6) is 17.2 Å².